The van der Waals surface area contributed by atoms with Gasteiger partial charge in [-0.05, 0) is 19.8 Å². The van der Waals surface area contributed by atoms with Gasteiger partial charge in [0, 0.05) is 37.4 Å². The lowest BCUT2D eigenvalue weighted by molar-refractivity contribution is 0.00898. The fourth-order valence-electron chi connectivity index (χ4n) is 2.58. The Labute approximate surface area is 106 Å². The predicted molar refractivity (Wildman–Crippen MR) is 67.4 cm³/mol. The largest absolute Gasteiger partial charge is 0.367 e. The summed E-state index contributed by atoms with van der Waals surface area (Å²) in [5, 5.41) is 3.32. The summed E-state index contributed by atoms with van der Waals surface area (Å²) in [5.74, 6) is 0.903. The number of H-pyrrole nitrogens is 1. The van der Waals surface area contributed by atoms with Crippen LogP contribution in [0.3, 0.4) is 0 Å². The molecule has 0 aromatic carbocycles. The Morgan fingerprint density at radius 2 is 2.35 bits per heavy atom. The van der Waals surface area contributed by atoms with E-state index >= 15 is 0 Å². The number of nitrogens with one attached hydrogen (secondary N) is 2. The maximum absolute atomic E-state index is 5.82. The van der Waals surface area contributed by atoms with E-state index in [2.05, 4.69) is 22.2 Å². The summed E-state index contributed by atoms with van der Waals surface area (Å²) in [5.41, 5.74) is 2.11. The maximum atomic E-state index is 5.82. The number of fused-ring (bicyclic) bond motifs is 1. The van der Waals surface area contributed by atoms with Gasteiger partial charge in [-0.1, -0.05) is 12.2 Å². The quantitative estimate of drug-likeness (QED) is 0.747. The van der Waals surface area contributed by atoms with Gasteiger partial charge in [0.15, 0.2) is 0 Å². The molecule has 0 spiro atoms. The monoisotopic (exact) mass is 251 g/mol. The Kier molecular flexibility index (Phi) is 2.77. The summed E-state index contributed by atoms with van der Waals surface area (Å²) < 4.78 is 6.54. The van der Waals surface area contributed by atoms with E-state index in [1.165, 1.54) is 5.69 Å². The van der Waals surface area contributed by atoms with Crippen LogP contribution < -0.4 is 5.32 Å². The van der Waals surface area contributed by atoms with E-state index in [0.29, 0.717) is 0 Å². The average Bonchev–Trinajstić information content (AvgIpc) is 2.78. The van der Waals surface area contributed by atoms with Gasteiger partial charge in [0.1, 0.15) is 16.1 Å². The molecule has 1 aromatic rings. The second-order valence-corrected chi connectivity index (χ2v) is 5.34. The molecule has 1 atom stereocenters. The van der Waals surface area contributed by atoms with Gasteiger partial charge >= 0.3 is 0 Å². The van der Waals surface area contributed by atoms with Crippen molar-refractivity contribution < 1.29 is 4.74 Å². The topological polar surface area (TPSA) is 49.9 Å². The van der Waals surface area contributed by atoms with Gasteiger partial charge in [-0.2, -0.15) is 0 Å². The summed E-state index contributed by atoms with van der Waals surface area (Å²) in [6, 6.07) is 0. The van der Waals surface area contributed by atoms with E-state index in [1.54, 1.807) is 0 Å². The Bertz CT molecular complexity index is 491. The Morgan fingerprint density at radius 3 is 3.12 bits per heavy atom. The van der Waals surface area contributed by atoms with Gasteiger partial charge in [0.25, 0.3) is 0 Å². The van der Waals surface area contributed by atoms with Crippen LogP contribution in [0.4, 0.5) is 0 Å². The highest BCUT2D eigenvalue weighted by molar-refractivity contribution is 7.71. The molecule has 0 amide bonds. The Morgan fingerprint density at radius 1 is 1.47 bits per heavy atom. The zero-order valence-electron chi connectivity index (χ0n) is 10.0. The highest BCUT2D eigenvalue weighted by Gasteiger charge is 2.34. The van der Waals surface area contributed by atoms with Crippen molar-refractivity contribution in [3.05, 3.63) is 21.7 Å². The van der Waals surface area contributed by atoms with Gasteiger partial charge in [-0.3, -0.25) is 0 Å². The molecule has 3 rings (SSSR count). The van der Waals surface area contributed by atoms with E-state index in [4.69, 9.17) is 17.0 Å². The van der Waals surface area contributed by atoms with Crippen LogP contribution >= 0.6 is 12.2 Å². The number of aromatic nitrogens is 2. The normalized spacial score (nSPS) is 28.1. The second kappa shape index (κ2) is 4.15. The lowest BCUT2D eigenvalue weighted by Gasteiger charge is -2.25. The molecule has 0 bridgehead atoms. The molecule has 2 N–H and O–H groups in total. The molecule has 1 aromatic heterocycles. The van der Waals surface area contributed by atoms with Gasteiger partial charge in [0.2, 0.25) is 0 Å². The van der Waals surface area contributed by atoms with Crippen LogP contribution in [0, 0.1) is 4.64 Å². The first-order valence-corrected chi connectivity index (χ1v) is 6.57. The molecule has 0 aliphatic carbocycles. The third-order valence-electron chi connectivity index (χ3n) is 3.68. The van der Waals surface area contributed by atoms with Gasteiger partial charge in [-0.25, -0.2) is 4.98 Å². The van der Waals surface area contributed by atoms with Crippen molar-refractivity contribution in [1.82, 2.24) is 15.3 Å². The molecule has 0 saturated carbocycles. The summed E-state index contributed by atoms with van der Waals surface area (Å²) in [4.78, 5) is 7.98. The number of hydrogen-bond acceptors (Lipinski definition) is 4. The molecule has 1 fully saturated rings. The summed E-state index contributed by atoms with van der Waals surface area (Å²) in [6.07, 6.45) is 3.10. The lowest BCUT2D eigenvalue weighted by Crippen LogP contribution is -2.29. The first-order valence-electron chi connectivity index (χ1n) is 6.16. The molecule has 1 saturated heterocycles. The van der Waals surface area contributed by atoms with Crippen LogP contribution in [0.2, 0.25) is 0 Å². The molecule has 92 valence electrons. The zero-order valence-corrected chi connectivity index (χ0v) is 10.8. The number of aromatic amines is 1. The van der Waals surface area contributed by atoms with Crippen molar-refractivity contribution in [3.63, 3.8) is 0 Å². The minimum absolute atomic E-state index is 0.270. The summed E-state index contributed by atoms with van der Waals surface area (Å²) in [7, 11) is 0. The fourth-order valence-corrected chi connectivity index (χ4v) is 2.87. The van der Waals surface area contributed by atoms with Crippen LogP contribution in [0.1, 0.15) is 36.8 Å². The molecular weight excluding hydrogens is 234 g/mol. The van der Waals surface area contributed by atoms with E-state index in [1.807, 2.05) is 0 Å². The van der Waals surface area contributed by atoms with Gasteiger partial charge in [0.05, 0.1) is 0 Å². The van der Waals surface area contributed by atoms with Crippen molar-refractivity contribution in [2.24, 2.45) is 0 Å². The van der Waals surface area contributed by atoms with Crippen molar-refractivity contribution in [2.45, 2.75) is 38.3 Å². The number of hydrogen-bond donors (Lipinski definition) is 2. The molecule has 4 nitrogen and oxygen atoms in total. The molecule has 0 radical (unpaired) electrons. The van der Waals surface area contributed by atoms with Crippen molar-refractivity contribution in [1.29, 1.82) is 0 Å². The minimum atomic E-state index is -0.270. The first kappa shape index (κ1) is 11.3. The molecule has 5 heteroatoms. The molecular formula is C12H17N3OS. The van der Waals surface area contributed by atoms with Crippen molar-refractivity contribution >= 4 is 12.2 Å². The summed E-state index contributed by atoms with van der Waals surface area (Å²) >= 11 is 5.38. The Balaban J connectivity index is 2.07. The molecule has 3 heterocycles. The third kappa shape index (κ3) is 1.92. The highest BCUT2D eigenvalue weighted by atomic mass is 32.1. The van der Waals surface area contributed by atoms with Crippen LogP contribution in [-0.4, -0.2) is 23.1 Å². The number of rotatable bonds is 1. The molecule has 1 unspecified atom stereocenters. The van der Waals surface area contributed by atoms with Crippen molar-refractivity contribution in [3.8, 4) is 0 Å². The first-order chi connectivity index (χ1) is 8.19. The summed E-state index contributed by atoms with van der Waals surface area (Å²) in [6.45, 7) is 4.74. The zero-order chi connectivity index (χ0) is 11.9. The van der Waals surface area contributed by atoms with Crippen LogP contribution in [0.15, 0.2) is 0 Å². The van der Waals surface area contributed by atoms with E-state index < -0.39 is 0 Å². The van der Waals surface area contributed by atoms with E-state index in [-0.39, 0.29) is 5.60 Å². The molecule has 2 aliphatic heterocycles. The predicted octanol–water partition coefficient (Wildman–Crippen LogP) is 1.81. The minimum Gasteiger partial charge on any atom is -0.367 e. The van der Waals surface area contributed by atoms with Crippen molar-refractivity contribution in [2.75, 3.05) is 13.2 Å². The van der Waals surface area contributed by atoms with Crippen LogP contribution in [0.5, 0.6) is 0 Å². The standard InChI is InChI=1S/C12H17N3OS/c1-12(4-2-6-16-12)11-14-9-3-5-13-7-8(9)10(17)15-11/h13H,2-7H2,1H3,(H,14,15,17). The average molecular weight is 251 g/mol. The van der Waals surface area contributed by atoms with E-state index in [0.717, 1.165) is 55.0 Å². The highest BCUT2D eigenvalue weighted by Crippen LogP contribution is 2.33. The van der Waals surface area contributed by atoms with Gasteiger partial charge < -0.3 is 15.0 Å². The molecule has 17 heavy (non-hydrogen) atoms. The number of nitrogens with zero attached hydrogens (tertiary/aromatic N) is 1. The lowest BCUT2D eigenvalue weighted by atomic mass is 10.0. The van der Waals surface area contributed by atoms with Gasteiger partial charge in [-0.15, -0.1) is 0 Å². The smallest absolute Gasteiger partial charge is 0.140 e. The number of ether oxygens (including phenoxy) is 1. The van der Waals surface area contributed by atoms with E-state index in [9.17, 15) is 0 Å². The van der Waals surface area contributed by atoms with Crippen LogP contribution in [0.25, 0.3) is 0 Å². The SMILES string of the molecule is CC1(c2nc(=S)c3c([nH]2)CCNC3)CCCO1. The third-order valence-corrected chi connectivity index (χ3v) is 4.02. The fraction of sp³-hybridized carbons (Fsp3) is 0.667. The second-order valence-electron chi connectivity index (χ2n) is 4.96. The van der Waals surface area contributed by atoms with Crippen LogP contribution in [-0.2, 0) is 23.3 Å². The molecule has 2 aliphatic rings. The Hall–Kier alpha value is -0.780. The maximum Gasteiger partial charge on any atom is 0.140 e.